The van der Waals surface area contributed by atoms with E-state index < -0.39 is 4.92 Å². The zero-order valence-electron chi connectivity index (χ0n) is 9.78. The van der Waals surface area contributed by atoms with Gasteiger partial charge in [0.15, 0.2) is 0 Å². The second-order valence-corrected chi connectivity index (χ2v) is 3.76. The topological polar surface area (TPSA) is 67.9 Å². The van der Waals surface area contributed by atoms with Crippen LogP contribution in [0.4, 0.5) is 17.1 Å². The molecule has 0 aliphatic rings. The molecule has 0 fully saturated rings. The summed E-state index contributed by atoms with van der Waals surface area (Å²) in [5.41, 5.74) is 2.16. The predicted molar refractivity (Wildman–Crippen MR) is 68.5 cm³/mol. The van der Waals surface area contributed by atoms with Gasteiger partial charge in [-0.15, -0.1) is 0 Å². The van der Waals surface area contributed by atoms with Crippen LogP contribution < -0.4 is 0 Å². The molecule has 0 bridgehead atoms. The highest BCUT2D eigenvalue weighted by molar-refractivity contribution is 5.51. The summed E-state index contributed by atoms with van der Waals surface area (Å²) in [5, 5.41) is 18.7. The van der Waals surface area contributed by atoms with Gasteiger partial charge in [0.2, 0.25) is 0 Å². The van der Waals surface area contributed by atoms with Crippen LogP contribution in [-0.2, 0) is 0 Å². The van der Waals surface area contributed by atoms with Crippen LogP contribution in [0.2, 0.25) is 0 Å². The third-order valence-corrected chi connectivity index (χ3v) is 2.42. The van der Waals surface area contributed by atoms with E-state index in [2.05, 4.69) is 10.2 Å². The Bertz CT molecular complexity index is 594. The summed E-state index contributed by atoms with van der Waals surface area (Å²) in [7, 11) is 0. The molecular formula is C13H11N3O2. The normalized spacial score (nSPS) is 10.7. The molecule has 0 amide bonds. The number of aryl methyl sites for hydroxylation is 1. The monoisotopic (exact) mass is 241 g/mol. The predicted octanol–water partition coefficient (Wildman–Crippen LogP) is 4.32. The average molecular weight is 241 g/mol. The number of non-ortho nitro benzene ring substituents is 1. The molecule has 0 aliphatic carbocycles. The van der Waals surface area contributed by atoms with Crippen LogP contribution in [0, 0.1) is 17.0 Å². The van der Waals surface area contributed by atoms with Crippen molar-refractivity contribution < 1.29 is 4.92 Å². The van der Waals surface area contributed by atoms with E-state index in [1.807, 2.05) is 30.3 Å². The molecule has 0 spiro atoms. The summed E-state index contributed by atoms with van der Waals surface area (Å²) in [5.74, 6) is 0. The maximum atomic E-state index is 10.6. The molecule has 2 rings (SSSR count). The molecule has 0 saturated carbocycles. The Hall–Kier alpha value is -2.56. The highest BCUT2D eigenvalue weighted by atomic mass is 16.6. The molecule has 2 aromatic rings. The number of hydrogen-bond donors (Lipinski definition) is 0. The van der Waals surface area contributed by atoms with E-state index in [-0.39, 0.29) is 5.69 Å². The first-order valence-corrected chi connectivity index (χ1v) is 5.38. The van der Waals surface area contributed by atoms with E-state index in [9.17, 15) is 10.1 Å². The first kappa shape index (κ1) is 11.9. The van der Waals surface area contributed by atoms with Crippen LogP contribution in [0.1, 0.15) is 5.56 Å². The summed E-state index contributed by atoms with van der Waals surface area (Å²) < 4.78 is 0. The smallest absolute Gasteiger partial charge is 0.258 e. The van der Waals surface area contributed by atoms with Crippen molar-refractivity contribution in [1.82, 2.24) is 0 Å². The van der Waals surface area contributed by atoms with Gasteiger partial charge in [0.05, 0.1) is 16.3 Å². The van der Waals surface area contributed by atoms with E-state index in [1.54, 1.807) is 13.0 Å². The summed E-state index contributed by atoms with van der Waals surface area (Å²) in [6.45, 7) is 1.77. The number of rotatable bonds is 3. The summed E-state index contributed by atoms with van der Waals surface area (Å²) in [6, 6.07) is 13.8. The quantitative estimate of drug-likeness (QED) is 0.456. The zero-order valence-corrected chi connectivity index (χ0v) is 9.78. The molecule has 2 aromatic carbocycles. The van der Waals surface area contributed by atoms with Gasteiger partial charge in [0.1, 0.15) is 0 Å². The van der Waals surface area contributed by atoms with Crippen molar-refractivity contribution in [2.24, 2.45) is 10.2 Å². The van der Waals surface area contributed by atoms with E-state index in [4.69, 9.17) is 0 Å². The standard InChI is InChI=1S/C13H11N3O2/c1-10-9-12(16(17)18)7-8-13(10)15-14-11-5-3-2-4-6-11/h2-9H,1H3. The van der Waals surface area contributed by atoms with Crippen molar-refractivity contribution >= 4 is 17.1 Å². The Balaban J connectivity index is 2.25. The van der Waals surface area contributed by atoms with Crippen LogP contribution in [0.5, 0.6) is 0 Å². The van der Waals surface area contributed by atoms with Crippen molar-refractivity contribution in [1.29, 1.82) is 0 Å². The summed E-state index contributed by atoms with van der Waals surface area (Å²) in [4.78, 5) is 10.2. The molecule has 0 N–H and O–H groups in total. The number of azo groups is 1. The molecule has 0 heterocycles. The largest absolute Gasteiger partial charge is 0.269 e. The van der Waals surface area contributed by atoms with Gasteiger partial charge >= 0.3 is 0 Å². The molecule has 0 saturated heterocycles. The minimum atomic E-state index is -0.425. The minimum absolute atomic E-state index is 0.0613. The zero-order chi connectivity index (χ0) is 13.0. The van der Waals surface area contributed by atoms with Crippen molar-refractivity contribution in [3.63, 3.8) is 0 Å². The Labute approximate surface area is 104 Å². The van der Waals surface area contributed by atoms with Crippen LogP contribution >= 0.6 is 0 Å². The third kappa shape index (κ3) is 2.76. The fraction of sp³-hybridized carbons (Fsp3) is 0.0769. The molecule has 0 unspecified atom stereocenters. The lowest BCUT2D eigenvalue weighted by Crippen LogP contribution is -1.87. The summed E-state index contributed by atoms with van der Waals surface area (Å²) >= 11 is 0. The van der Waals surface area contributed by atoms with Crippen LogP contribution in [0.3, 0.4) is 0 Å². The molecule has 0 radical (unpaired) electrons. The van der Waals surface area contributed by atoms with Crippen molar-refractivity contribution in [3.8, 4) is 0 Å². The fourth-order valence-corrected chi connectivity index (χ4v) is 1.47. The second-order valence-electron chi connectivity index (χ2n) is 3.76. The Morgan fingerprint density at radius 2 is 1.78 bits per heavy atom. The minimum Gasteiger partial charge on any atom is -0.258 e. The van der Waals surface area contributed by atoms with Gasteiger partial charge in [0.25, 0.3) is 5.69 Å². The number of nitro groups is 1. The highest BCUT2D eigenvalue weighted by Crippen LogP contribution is 2.25. The maximum absolute atomic E-state index is 10.6. The van der Waals surface area contributed by atoms with Gasteiger partial charge in [-0.05, 0) is 30.7 Å². The lowest BCUT2D eigenvalue weighted by Gasteiger charge is -1.98. The number of hydrogen-bond acceptors (Lipinski definition) is 4. The van der Waals surface area contributed by atoms with Gasteiger partial charge < -0.3 is 0 Å². The molecule has 5 heteroatoms. The van der Waals surface area contributed by atoms with Crippen molar-refractivity contribution in [2.75, 3.05) is 0 Å². The number of benzene rings is 2. The van der Waals surface area contributed by atoms with E-state index in [0.29, 0.717) is 5.69 Å². The molecule has 5 nitrogen and oxygen atoms in total. The van der Waals surface area contributed by atoms with Crippen LogP contribution in [0.25, 0.3) is 0 Å². The molecule has 18 heavy (non-hydrogen) atoms. The first-order valence-electron chi connectivity index (χ1n) is 5.38. The Morgan fingerprint density at radius 1 is 1.06 bits per heavy atom. The van der Waals surface area contributed by atoms with E-state index >= 15 is 0 Å². The molecular weight excluding hydrogens is 230 g/mol. The Morgan fingerprint density at radius 3 is 2.39 bits per heavy atom. The van der Waals surface area contributed by atoms with Gasteiger partial charge in [0, 0.05) is 12.1 Å². The van der Waals surface area contributed by atoms with Gasteiger partial charge in [-0.1, -0.05) is 18.2 Å². The first-order chi connectivity index (χ1) is 8.66. The number of nitro benzene ring substituents is 1. The number of nitrogens with zero attached hydrogens (tertiary/aromatic N) is 3. The summed E-state index contributed by atoms with van der Waals surface area (Å²) in [6.07, 6.45) is 0. The van der Waals surface area contributed by atoms with Crippen molar-refractivity contribution in [2.45, 2.75) is 6.92 Å². The molecule has 90 valence electrons. The Kier molecular flexibility index (Phi) is 3.43. The lowest BCUT2D eigenvalue weighted by molar-refractivity contribution is -0.384. The lowest BCUT2D eigenvalue weighted by atomic mass is 10.2. The van der Waals surface area contributed by atoms with Gasteiger partial charge in [-0.3, -0.25) is 10.1 Å². The van der Waals surface area contributed by atoms with E-state index in [1.165, 1.54) is 12.1 Å². The molecule has 0 aromatic heterocycles. The third-order valence-electron chi connectivity index (χ3n) is 2.42. The second kappa shape index (κ2) is 5.18. The average Bonchev–Trinajstić information content (AvgIpc) is 2.38. The molecule has 0 aliphatic heterocycles. The van der Waals surface area contributed by atoms with E-state index in [0.717, 1.165) is 11.3 Å². The maximum Gasteiger partial charge on any atom is 0.269 e. The van der Waals surface area contributed by atoms with Crippen LogP contribution in [0.15, 0.2) is 58.8 Å². The highest BCUT2D eigenvalue weighted by Gasteiger charge is 2.07. The fourth-order valence-electron chi connectivity index (χ4n) is 1.47. The SMILES string of the molecule is Cc1cc([N+](=O)[O-])ccc1N=Nc1ccccc1. The van der Waals surface area contributed by atoms with Gasteiger partial charge in [-0.2, -0.15) is 10.2 Å². The van der Waals surface area contributed by atoms with Crippen molar-refractivity contribution in [3.05, 3.63) is 64.2 Å². The molecule has 0 atom stereocenters. The van der Waals surface area contributed by atoms with Gasteiger partial charge in [-0.25, -0.2) is 0 Å². The van der Waals surface area contributed by atoms with Crippen LogP contribution in [-0.4, -0.2) is 4.92 Å².